The fraction of sp³-hybridized carbons (Fsp3) is 0.696. The molecule has 0 aromatic heterocycles. The second kappa shape index (κ2) is 13.5. The average Bonchev–Trinajstić information content (AvgIpc) is 3.17. The molecular formula is C23H39IN4O2. The topological polar surface area (TPSA) is 49.3 Å². The molecule has 3 rings (SSSR count). The van der Waals surface area contributed by atoms with Gasteiger partial charge in [-0.25, -0.2) is 0 Å². The van der Waals surface area contributed by atoms with Gasteiger partial charge in [-0.05, 0) is 32.3 Å². The zero-order valence-corrected chi connectivity index (χ0v) is 21.1. The van der Waals surface area contributed by atoms with Crippen LogP contribution in [-0.4, -0.2) is 80.9 Å². The van der Waals surface area contributed by atoms with E-state index in [0.717, 1.165) is 58.3 Å². The molecule has 0 spiro atoms. The number of morpholine rings is 1. The van der Waals surface area contributed by atoms with Crippen LogP contribution in [0, 0.1) is 5.92 Å². The molecular weight excluding hydrogens is 491 g/mol. The second-order valence-electron chi connectivity index (χ2n) is 8.45. The molecule has 7 heteroatoms. The van der Waals surface area contributed by atoms with E-state index in [1.54, 1.807) is 0 Å². The molecule has 1 aromatic carbocycles. The molecule has 2 aliphatic rings. The van der Waals surface area contributed by atoms with Crippen molar-refractivity contribution in [2.45, 2.75) is 45.5 Å². The molecule has 0 amide bonds. The van der Waals surface area contributed by atoms with Gasteiger partial charge in [-0.3, -0.25) is 9.89 Å². The van der Waals surface area contributed by atoms with Gasteiger partial charge in [0, 0.05) is 52.2 Å². The van der Waals surface area contributed by atoms with Gasteiger partial charge in [0.15, 0.2) is 5.96 Å². The number of halogens is 1. The van der Waals surface area contributed by atoms with Gasteiger partial charge in [-0.15, -0.1) is 24.0 Å². The van der Waals surface area contributed by atoms with E-state index in [4.69, 9.17) is 9.47 Å². The first-order valence-corrected chi connectivity index (χ1v) is 11.1. The molecule has 3 unspecified atom stereocenters. The van der Waals surface area contributed by atoms with Gasteiger partial charge in [0.25, 0.3) is 0 Å². The first-order valence-electron chi connectivity index (χ1n) is 11.1. The molecule has 2 saturated heterocycles. The molecule has 3 atom stereocenters. The lowest BCUT2D eigenvalue weighted by Gasteiger charge is -2.35. The number of benzene rings is 1. The largest absolute Gasteiger partial charge is 0.376 e. The van der Waals surface area contributed by atoms with Crippen LogP contribution >= 0.6 is 24.0 Å². The Balaban J connectivity index is 0.00000320. The maximum Gasteiger partial charge on any atom is 0.193 e. The quantitative estimate of drug-likeness (QED) is 0.242. The van der Waals surface area contributed by atoms with E-state index in [9.17, 15) is 0 Å². The highest BCUT2D eigenvalue weighted by molar-refractivity contribution is 14.0. The molecule has 0 radical (unpaired) electrons. The zero-order chi connectivity index (χ0) is 20.5. The van der Waals surface area contributed by atoms with Gasteiger partial charge in [-0.1, -0.05) is 30.3 Å². The van der Waals surface area contributed by atoms with E-state index in [1.807, 2.05) is 13.1 Å². The van der Waals surface area contributed by atoms with Crippen LogP contribution in [0.2, 0.25) is 0 Å². The highest BCUT2D eigenvalue weighted by Crippen LogP contribution is 2.17. The number of ether oxygens (including phenoxy) is 2. The summed E-state index contributed by atoms with van der Waals surface area (Å²) in [5.41, 5.74) is 1.24. The Labute approximate surface area is 199 Å². The Morgan fingerprint density at radius 3 is 2.60 bits per heavy atom. The average molecular weight is 530 g/mol. The minimum Gasteiger partial charge on any atom is -0.376 e. The van der Waals surface area contributed by atoms with Crippen LogP contribution in [-0.2, 0) is 16.1 Å². The standard InChI is InChI=1S/C23H38N4O2.HI/c1-19-14-26(15-20(2)29-19)12-7-11-25-23(24-3)27-13-10-22(16-27)18-28-17-21-8-5-4-6-9-21;/h4-6,8-9,19-20,22H,7,10-18H2,1-3H3,(H,24,25);1H. The summed E-state index contributed by atoms with van der Waals surface area (Å²) in [5, 5.41) is 3.55. The summed E-state index contributed by atoms with van der Waals surface area (Å²) < 4.78 is 11.8. The van der Waals surface area contributed by atoms with Gasteiger partial charge in [-0.2, -0.15) is 0 Å². The van der Waals surface area contributed by atoms with Gasteiger partial charge >= 0.3 is 0 Å². The summed E-state index contributed by atoms with van der Waals surface area (Å²) in [6.45, 7) is 12.1. The molecule has 2 aliphatic heterocycles. The first-order chi connectivity index (χ1) is 14.1. The van der Waals surface area contributed by atoms with Crippen LogP contribution in [0.5, 0.6) is 0 Å². The van der Waals surface area contributed by atoms with Crippen LogP contribution in [0.4, 0.5) is 0 Å². The van der Waals surface area contributed by atoms with Crippen molar-refractivity contribution in [3.63, 3.8) is 0 Å². The number of aliphatic imine (C=N–C) groups is 1. The number of likely N-dealkylation sites (tertiary alicyclic amines) is 1. The molecule has 170 valence electrons. The van der Waals surface area contributed by atoms with Crippen LogP contribution in [0.1, 0.15) is 32.3 Å². The van der Waals surface area contributed by atoms with Crippen molar-refractivity contribution in [3.8, 4) is 0 Å². The Kier molecular flexibility index (Phi) is 11.4. The second-order valence-corrected chi connectivity index (χ2v) is 8.45. The molecule has 1 aromatic rings. The summed E-state index contributed by atoms with van der Waals surface area (Å²) in [6, 6.07) is 10.4. The number of nitrogens with one attached hydrogen (secondary N) is 1. The van der Waals surface area contributed by atoms with Crippen LogP contribution in [0.3, 0.4) is 0 Å². The SMILES string of the molecule is CN=C(NCCCN1CC(C)OC(C)C1)N1CCC(COCc2ccccc2)C1.I. The maximum absolute atomic E-state index is 5.95. The molecule has 30 heavy (non-hydrogen) atoms. The van der Waals surface area contributed by atoms with Crippen LogP contribution in [0.15, 0.2) is 35.3 Å². The van der Waals surface area contributed by atoms with Crippen LogP contribution in [0.25, 0.3) is 0 Å². The van der Waals surface area contributed by atoms with Crippen molar-refractivity contribution in [2.75, 3.05) is 52.9 Å². The lowest BCUT2D eigenvalue weighted by molar-refractivity contribution is -0.0679. The number of nitrogens with zero attached hydrogens (tertiary/aromatic N) is 3. The van der Waals surface area contributed by atoms with E-state index >= 15 is 0 Å². The van der Waals surface area contributed by atoms with E-state index in [2.05, 4.69) is 58.2 Å². The fourth-order valence-corrected chi connectivity index (χ4v) is 4.38. The molecule has 2 fully saturated rings. The number of hydrogen-bond acceptors (Lipinski definition) is 4. The van der Waals surface area contributed by atoms with E-state index in [-0.39, 0.29) is 24.0 Å². The number of guanidine groups is 1. The summed E-state index contributed by atoms with van der Waals surface area (Å²) >= 11 is 0. The van der Waals surface area contributed by atoms with Crippen molar-refractivity contribution in [3.05, 3.63) is 35.9 Å². The Morgan fingerprint density at radius 2 is 1.90 bits per heavy atom. The van der Waals surface area contributed by atoms with E-state index in [1.165, 1.54) is 12.0 Å². The highest BCUT2D eigenvalue weighted by atomic mass is 127. The molecule has 1 N–H and O–H groups in total. The molecule has 6 nitrogen and oxygen atoms in total. The van der Waals surface area contributed by atoms with Crippen molar-refractivity contribution >= 4 is 29.9 Å². The Morgan fingerprint density at radius 1 is 1.17 bits per heavy atom. The van der Waals surface area contributed by atoms with E-state index < -0.39 is 0 Å². The molecule has 0 aliphatic carbocycles. The zero-order valence-electron chi connectivity index (χ0n) is 18.8. The van der Waals surface area contributed by atoms with E-state index in [0.29, 0.717) is 24.7 Å². The predicted molar refractivity (Wildman–Crippen MR) is 134 cm³/mol. The lowest BCUT2D eigenvalue weighted by Crippen LogP contribution is -2.46. The fourth-order valence-electron chi connectivity index (χ4n) is 4.38. The monoisotopic (exact) mass is 530 g/mol. The third-order valence-electron chi connectivity index (χ3n) is 5.69. The maximum atomic E-state index is 5.95. The van der Waals surface area contributed by atoms with Gasteiger partial charge in [0.05, 0.1) is 25.4 Å². The van der Waals surface area contributed by atoms with Gasteiger partial charge in [0.2, 0.25) is 0 Å². The summed E-state index contributed by atoms with van der Waals surface area (Å²) in [5.74, 6) is 1.60. The van der Waals surface area contributed by atoms with Crippen LogP contribution < -0.4 is 5.32 Å². The van der Waals surface area contributed by atoms with Crippen molar-refractivity contribution in [2.24, 2.45) is 10.9 Å². The van der Waals surface area contributed by atoms with Gasteiger partial charge < -0.3 is 19.7 Å². The molecule has 0 saturated carbocycles. The summed E-state index contributed by atoms with van der Waals surface area (Å²) in [4.78, 5) is 9.38. The first kappa shape index (κ1) is 25.4. The lowest BCUT2D eigenvalue weighted by atomic mass is 10.1. The third-order valence-corrected chi connectivity index (χ3v) is 5.69. The minimum atomic E-state index is 0. The third kappa shape index (κ3) is 8.32. The molecule has 0 bridgehead atoms. The van der Waals surface area contributed by atoms with Crippen molar-refractivity contribution < 1.29 is 9.47 Å². The highest BCUT2D eigenvalue weighted by Gasteiger charge is 2.25. The molecule has 2 heterocycles. The Bertz CT molecular complexity index is 621. The summed E-state index contributed by atoms with van der Waals surface area (Å²) in [7, 11) is 1.88. The summed E-state index contributed by atoms with van der Waals surface area (Å²) in [6.07, 6.45) is 2.96. The Hall–Kier alpha value is -0.900. The van der Waals surface area contributed by atoms with Crippen molar-refractivity contribution in [1.29, 1.82) is 0 Å². The normalized spacial score (nSPS) is 25.2. The predicted octanol–water partition coefficient (Wildman–Crippen LogP) is 3.22. The van der Waals surface area contributed by atoms with Gasteiger partial charge in [0.1, 0.15) is 0 Å². The number of hydrogen-bond donors (Lipinski definition) is 1. The minimum absolute atomic E-state index is 0. The van der Waals surface area contributed by atoms with Crippen molar-refractivity contribution in [1.82, 2.24) is 15.1 Å². The smallest absolute Gasteiger partial charge is 0.193 e. The number of rotatable bonds is 8.